The van der Waals surface area contributed by atoms with Gasteiger partial charge in [0.05, 0.1) is 6.10 Å². The van der Waals surface area contributed by atoms with Gasteiger partial charge in [0, 0.05) is 25.6 Å². The van der Waals surface area contributed by atoms with Crippen LogP contribution in [0, 0.1) is 0 Å². The summed E-state index contributed by atoms with van der Waals surface area (Å²) in [6.07, 6.45) is 4.75. The first-order chi connectivity index (χ1) is 9.58. The Balaban J connectivity index is 1.96. The number of rotatable bonds is 5. The van der Waals surface area contributed by atoms with Crippen LogP contribution in [-0.2, 0) is 14.8 Å². The van der Waals surface area contributed by atoms with Crippen LogP contribution < -0.4 is 0 Å². The summed E-state index contributed by atoms with van der Waals surface area (Å²) in [6.45, 7) is 1.15. The molecule has 0 amide bonds. The topological polar surface area (TPSA) is 46.6 Å². The largest absolute Gasteiger partial charge is 0.377 e. The number of ether oxygens (including phenoxy) is 1. The molecular weight excluding hydrogens is 274 g/mol. The third-order valence-electron chi connectivity index (χ3n) is 3.40. The van der Waals surface area contributed by atoms with E-state index in [4.69, 9.17) is 4.74 Å². The Bertz CT molecular complexity index is 533. The number of likely N-dealkylation sites (N-methyl/N-ethyl adjacent to an activating group) is 1. The molecule has 1 unspecified atom stereocenters. The molecule has 1 fully saturated rings. The molecule has 1 heterocycles. The van der Waals surface area contributed by atoms with E-state index in [-0.39, 0.29) is 6.10 Å². The molecule has 1 atom stereocenters. The third kappa shape index (κ3) is 4.44. The molecule has 2 rings (SSSR count). The molecule has 1 aliphatic rings. The molecule has 0 spiro atoms. The van der Waals surface area contributed by atoms with Crippen molar-refractivity contribution in [2.24, 2.45) is 0 Å². The quantitative estimate of drug-likeness (QED) is 0.838. The minimum absolute atomic E-state index is 0.0219. The highest BCUT2D eigenvalue weighted by molar-refractivity contribution is 7.92. The van der Waals surface area contributed by atoms with Gasteiger partial charge in [-0.1, -0.05) is 30.3 Å². The van der Waals surface area contributed by atoms with Gasteiger partial charge in [-0.25, -0.2) is 8.42 Å². The summed E-state index contributed by atoms with van der Waals surface area (Å²) >= 11 is 0. The zero-order valence-electron chi connectivity index (χ0n) is 11.7. The maximum atomic E-state index is 12.2. The first-order valence-electron chi connectivity index (χ1n) is 6.89. The summed E-state index contributed by atoms with van der Waals surface area (Å²) in [6, 6.07) is 9.41. The van der Waals surface area contributed by atoms with E-state index >= 15 is 0 Å². The van der Waals surface area contributed by atoms with Crippen LogP contribution >= 0.6 is 0 Å². The fourth-order valence-electron chi connectivity index (χ4n) is 2.17. The summed E-state index contributed by atoms with van der Waals surface area (Å²) in [5.41, 5.74) is 0.874. The average Bonchev–Trinajstić information content (AvgIpc) is 2.47. The smallest absolute Gasteiger partial charge is 0.236 e. The van der Waals surface area contributed by atoms with E-state index in [1.807, 2.05) is 30.3 Å². The van der Waals surface area contributed by atoms with Crippen LogP contribution in [0.5, 0.6) is 0 Å². The maximum Gasteiger partial charge on any atom is 0.236 e. The van der Waals surface area contributed by atoms with E-state index in [1.165, 1.54) is 9.71 Å². The van der Waals surface area contributed by atoms with Gasteiger partial charge >= 0.3 is 0 Å². The van der Waals surface area contributed by atoms with E-state index in [0.717, 1.165) is 31.4 Å². The zero-order valence-corrected chi connectivity index (χ0v) is 12.6. The van der Waals surface area contributed by atoms with Crippen molar-refractivity contribution in [3.8, 4) is 0 Å². The molecule has 1 aromatic rings. The first kappa shape index (κ1) is 15.2. The molecule has 0 aromatic heterocycles. The minimum atomic E-state index is -3.39. The molecule has 5 heteroatoms. The van der Waals surface area contributed by atoms with Crippen molar-refractivity contribution in [2.75, 3.05) is 20.2 Å². The lowest BCUT2D eigenvalue weighted by atomic mass is 10.1. The molecular formula is C15H21NO3S. The van der Waals surface area contributed by atoms with Gasteiger partial charge in [0.25, 0.3) is 0 Å². The van der Waals surface area contributed by atoms with Gasteiger partial charge in [0.15, 0.2) is 0 Å². The van der Waals surface area contributed by atoms with Gasteiger partial charge in [-0.2, -0.15) is 4.31 Å². The molecule has 1 aromatic carbocycles. The predicted molar refractivity (Wildman–Crippen MR) is 80.6 cm³/mol. The van der Waals surface area contributed by atoms with Crippen molar-refractivity contribution in [3.05, 3.63) is 41.3 Å². The first-order valence-corrected chi connectivity index (χ1v) is 8.39. The van der Waals surface area contributed by atoms with Crippen LogP contribution in [0.4, 0.5) is 0 Å². The second-order valence-electron chi connectivity index (χ2n) is 5.03. The monoisotopic (exact) mass is 295 g/mol. The molecule has 110 valence electrons. The lowest BCUT2D eigenvalue weighted by molar-refractivity contribution is 0.00872. The highest BCUT2D eigenvalue weighted by Gasteiger charge is 2.21. The van der Waals surface area contributed by atoms with Crippen molar-refractivity contribution in [2.45, 2.75) is 25.4 Å². The molecule has 0 saturated carbocycles. The lowest BCUT2D eigenvalue weighted by Gasteiger charge is -2.26. The SMILES string of the molecule is CN(CC1CCCCO1)S(=O)(=O)/C=C/c1ccccc1. The van der Waals surface area contributed by atoms with E-state index in [9.17, 15) is 8.42 Å². The molecule has 0 N–H and O–H groups in total. The Kier molecular flexibility index (Phi) is 5.34. The van der Waals surface area contributed by atoms with Gasteiger partial charge in [0.2, 0.25) is 10.0 Å². The number of nitrogens with zero attached hydrogens (tertiary/aromatic N) is 1. The Hall–Kier alpha value is -1.17. The van der Waals surface area contributed by atoms with Crippen molar-refractivity contribution >= 4 is 16.1 Å². The van der Waals surface area contributed by atoms with Crippen LogP contribution in [0.1, 0.15) is 24.8 Å². The predicted octanol–water partition coefficient (Wildman–Crippen LogP) is 2.49. The van der Waals surface area contributed by atoms with Gasteiger partial charge in [-0.15, -0.1) is 0 Å². The van der Waals surface area contributed by atoms with E-state index < -0.39 is 10.0 Å². The van der Waals surface area contributed by atoms with Crippen molar-refractivity contribution < 1.29 is 13.2 Å². The lowest BCUT2D eigenvalue weighted by Crippen LogP contribution is -2.36. The normalized spacial score (nSPS) is 20.6. The van der Waals surface area contributed by atoms with Crippen LogP contribution in [0.15, 0.2) is 35.7 Å². The van der Waals surface area contributed by atoms with Crippen LogP contribution in [-0.4, -0.2) is 39.0 Å². The number of hydrogen-bond acceptors (Lipinski definition) is 3. The standard InChI is InChI=1S/C15H21NO3S/c1-16(13-15-9-5-6-11-19-15)20(17,18)12-10-14-7-3-2-4-8-14/h2-4,7-8,10,12,15H,5-6,9,11,13H2,1H3/b12-10+. The summed E-state index contributed by atoms with van der Waals surface area (Å²) in [4.78, 5) is 0. The summed E-state index contributed by atoms with van der Waals surface area (Å²) in [7, 11) is -1.79. The summed E-state index contributed by atoms with van der Waals surface area (Å²) in [5.74, 6) is 0. The molecule has 1 saturated heterocycles. The van der Waals surface area contributed by atoms with E-state index in [2.05, 4.69) is 0 Å². The highest BCUT2D eigenvalue weighted by atomic mass is 32.2. The maximum absolute atomic E-state index is 12.2. The van der Waals surface area contributed by atoms with Gasteiger partial charge in [0.1, 0.15) is 0 Å². The Labute approximate surface area is 121 Å². The van der Waals surface area contributed by atoms with Crippen LogP contribution in [0.3, 0.4) is 0 Å². The Morgan fingerprint density at radius 1 is 1.30 bits per heavy atom. The Morgan fingerprint density at radius 2 is 2.05 bits per heavy atom. The molecule has 1 aliphatic heterocycles. The molecule has 0 aliphatic carbocycles. The van der Waals surface area contributed by atoms with E-state index in [0.29, 0.717) is 6.54 Å². The van der Waals surface area contributed by atoms with Crippen LogP contribution in [0.2, 0.25) is 0 Å². The molecule has 20 heavy (non-hydrogen) atoms. The summed E-state index contributed by atoms with van der Waals surface area (Å²) < 4.78 is 31.3. The molecule has 0 bridgehead atoms. The van der Waals surface area contributed by atoms with Crippen molar-refractivity contribution in [1.29, 1.82) is 0 Å². The van der Waals surface area contributed by atoms with Gasteiger partial charge < -0.3 is 4.74 Å². The number of benzene rings is 1. The second-order valence-corrected chi connectivity index (χ2v) is 6.95. The second kappa shape index (κ2) is 7.02. The number of sulfonamides is 1. The van der Waals surface area contributed by atoms with Gasteiger partial charge in [-0.05, 0) is 30.9 Å². The average molecular weight is 295 g/mol. The van der Waals surface area contributed by atoms with Crippen LogP contribution in [0.25, 0.3) is 6.08 Å². The zero-order chi connectivity index (χ0) is 14.4. The fourth-order valence-corrected chi connectivity index (χ4v) is 3.09. The van der Waals surface area contributed by atoms with Crippen molar-refractivity contribution in [3.63, 3.8) is 0 Å². The Morgan fingerprint density at radius 3 is 2.70 bits per heavy atom. The molecule has 0 radical (unpaired) electrons. The van der Waals surface area contributed by atoms with Crippen molar-refractivity contribution in [1.82, 2.24) is 4.31 Å². The summed E-state index contributed by atoms with van der Waals surface area (Å²) in [5, 5.41) is 1.26. The van der Waals surface area contributed by atoms with E-state index in [1.54, 1.807) is 13.1 Å². The minimum Gasteiger partial charge on any atom is -0.377 e. The third-order valence-corrected chi connectivity index (χ3v) is 4.90. The van der Waals surface area contributed by atoms with Gasteiger partial charge in [-0.3, -0.25) is 0 Å². The highest BCUT2D eigenvalue weighted by Crippen LogP contribution is 2.15. The fraction of sp³-hybridized carbons (Fsp3) is 0.467. The number of hydrogen-bond donors (Lipinski definition) is 0. The molecule has 4 nitrogen and oxygen atoms in total.